The molecule has 37 heavy (non-hydrogen) atoms. The summed E-state index contributed by atoms with van der Waals surface area (Å²) in [6.45, 7) is 7.62. The summed E-state index contributed by atoms with van der Waals surface area (Å²) in [5, 5.41) is 0. The van der Waals surface area contributed by atoms with Gasteiger partial charge < -0.3 is 9.64 Å². The molecule has 1 saturated heterocycles. The summed E-state index contributed by atoms with van der Waals surface area (Å²) < 4.78 is 75.0. The lowest BCUT2D eigenvalue weighted by molar-refractivity contribution is -0.158. The van der Waals surface area contributed by atoms with E-state index in [0.29, 0.717) is 5.82 Å². The van der Waals surface area contributed by atoms with Gasteiger partial charge in [-0.2, -0.15) is 30.6 Å². The summed E-state index contributed by atoms with van der Waals surface area (Å²) in [6, 6.07) is 11.5. The standard InChI is InChI=1S/C25H31F3N4O4S/c1-17-21(18-8-6-5-7-9-18)24(17,22(33)36-23(2,3)4)30-37(34,35)32-14-12-31(13-15-32)20-11-10-19(16-29-20)25(26,27)28/h5-11,16-17,21,30H,12-15H2,1-4H3/t17?,21-,24-/m0/s1. The third-order valence-corrected chi connectivity index (χ3v) is 8.41. The molecule has 1 aromatic carbocycles. The van der Waals surface area contributed by atoms with Gasteiger partial charge in [-0.3, -0.25) is 0 Å². The highest BCUT2D eigenvalue weighted by Crippen LogP contribution is 2.58. The molecule has 0 amide bonds. The maximum Gasteiger partial charge on any atom is 0.417 e. The van der Waals surface area contributed by atoms with Crippen molar-refractivity contribution >= 4 is 22.0 Å². The van der Waals surface area contributed by atoms with E-state index in [1.807, 2.05) is 37.3 Å². The lowest BCUT2D eigenvalue weighted by Gasteiger charge is -2.35. The Kier molecular flexibility index (Phi) is 7.06. The van der Waals surface area contributed by atoms with Crippen molar-refractivity contribution in [1.29, 1.82) is 0 Å². The van der Waals surface area contributed by atoms with Crippen molar-refractivity contribution < 1.29 is 31.1 Å². The van der Waals surface area contributed by atoms with Crippen molar-refractivity contribution in [2.24, 2.45) is 5.92 Å². The molecule has 1 unspecified atom stereocenters. The van der Waals surface area contributed by atoms with Gasteiger partial charge in [-0.25, -0.2) is 9.78 Å². The van der Waals surface area contributed by atoms with Crippen molar-refractivity contribution in [3.8, 4) is 0 Å². The summed E-state index contributed by atoms with van der Waals surface area (Å²) in [5.74, 6) is -1.02. The zero-order valence-corrected chi connectivity index (χ0v) is 21.9. The summed E-state index contributed by atoms with van der Waals surface area (Å²) in [5.41, 5.74) is -2.26. The summed E-state index contributed by atoms with van der Waals surface area (Å²) in [6.07, 6.45) is -3.71. The van der Waals surface area contributed by atoms with Crippen LogP contribution in [-0.2, 0) is 25.9 Å². The minimum atomic E-state index is -4.48. The van der Waals surface area contributed by atoms with Crippen molar-refractivity contribution in [3.05, 3.63) is 59.8 Å². The van der Waals surface area contributed by atoms with E-state index in [4.69, 9.17) is 4.74 Å². The quantitative estimate of drug-likeness (QED) is 0.564. The number of rotatable bonds is 6. The van der Waals surface area contributed by atoms with Crippen molar-refractivity contribution in [1.82, 2.24) is 14.0 Å². The number of piperazine rings is 1. The van der Waals surface area contributed by atoms with Crippen LogP contribution in [0, 0.1) is 5.92 Å². The molecule has 1 aliphatic heterocycles. The molecule has 0 bridgehead atoms. The molecule has 2 aromatic rings. The first-order valence-corrected chi connectivity index (χ1v) is 13.4. The van der Waals surface area contributed by atoms with Gasteiger partial charge in [-0.1, -0.05) is 37.3 Å². The Morgan fingerprint density at radius 3 is 2.19 bits per heavy atom. The van der Waals surface area contributed by atoms with E-state index in [-0.39, 0.29) is 32.1 Å². The second kappa shape index (κ2) is 9.55. The predicted molar refractivity (Wildman–Crippen MR) is 132 cm³/mol. The average molecular weight is 541 g/mol. The van der Waals surface area contributed by atoms with E-state index in [1.165, 1.54) is 10.4 Å². The van der Waals surface area contributed by atoms with Crippen LogP contribution in [0.5, 0.6) is 0 Å². The van der Waals surface area contributed by atoms with Gasteiger partial charge >= 0.3 is 12.1 Å². The Morgan fingerprint density at radius 2 is 1.68 bits per heavy atom. The number of esters is 1. The average Bonchev–Trinajstić information content (AvgIpc) is 3.41. The lowest BCUT2D eigenvalue weighted by atomic mass is 10.1. The number of carbonyl (C=O) groups excluding carboxylic acids is 1. The number of nitrogens with zero attached hydrogens (tertiary/aromatic N) is 3. The molecule has 2 fully saturated rings. The highest BCUT2D eigenvalue weighted by molar-refractivity contribution is 7.87. The van der Waals surface area contributed by atoms with E-state index in [1.54, 1.807) is 25.7 Å². The fraction of sp³-hybridized carbons (Fsp3) is 0.520. The van der Waals surface area contributed by atoms with E-state index in [0.717, 1.165) is 17.8 Å². The van der Waals surface area contributed by atoms with E-state index < -0.39 is 45.0 Å². The number of carbonyl (C=O) groups is 1. The van der Waals surface area contributed by atoms with Gasteiger partial charge in [0.1, 0.15) is 17.0 Å². The first-order chi connectivity index (χ1) is 17.1. The Labute approximate surface area is 215 Å². The highest BCUT2D eigenvalue weighted by atomic mass is 32.2. The molecule has 8 nitrogen and oxygen atoms in total. The van der Waals surface area contributed by atoms with Crippen LogP contribution in [0.3, 0.4) is 0 Å². The Bertz CT molecular complexity index is 1230. The third-order valence-electron chi connectivity index (χ3n) is 6.77. The molecule has 2 aliphatic rings. The van der Waals surface area contributed by atoms with E-state index in [2.05, 4.69) is 9.71 Å². The summed E-state index contributed by atoms with van der Waals surface area (Å²) in [7, 11) is -4.10. The molecule has 0 radical (unpaired) electrons. The SMILES string of the molecule is CC1[C@@H](c2ccccc2)[C@]1(NS(=O)(=O)N1CCN(c2ccc(C(F)(F)F)cn2)CC1)C(=O)OC(C)(C)C. The fourth-order valence-corrected chi connectivity index (χ4v) is 6.42. The van der Waals surface area contributed by atoms with Gasteiger partial charge in [0, 0.05) is 38.3 Å². The first kappa shape index (κ1) is 27.3. The molecule has 1 N–H and O–H groups in total. The molecular weight excluding hydrogens is 509 g/mol. The van der Waals surface area contributed by atoms with Crippen molar-refractivity contribution in [2.45, 2.75) is 50.9 Å². The number of alkyl halides is 3. The van der Waals surface area contributed by atoms with Gasteiger partial charge in [0.2, 0.25) is 0 Å². The topological polar surface area (TPSA) is 91.8 Å². The molecule has 4 rings (SSSR count). The zero-order chi connectivity index (χ0) is 27.2. The fourth-order valence-electron chi connectivity index (χ4n) is 4.82. The molecule has 1 aromatic heterocycles. The Hall–Kier alpha value is -2.70. The minimum Gasteiger partial charge on any atom is -0.459 e. The van der Waals surface area contributed by atoms with E-state index in [9.17, 15) is 26.4 Å². The van der Waals surface area contributed by atoms with Crippen LogP contribution in [0.4, 0.5) is 19.0 Å². The van der Waals surface area contributed by atoms with Crippen molar-refractivity contribution in [3.63, 3.8) is 0 Å². The van der Waals surface area contributed by atoms with Gasteiger partial charge in [-0.05, 0) is 44.4 Å². The molecule has 2 heterocycles. The van der Waals surface area contributed by atoms with Crippen LogP contribution in [0.2, 0.25) is 0 Å². The van der Waals surface area contributed by atoms with Crippen LogP contribution in [0.25, 0.3) is 0 Å². The number of hydrogen-bond donors (Lipinski definition) is 1. The number of hydrogen-bond acceptors (Lipinski definition) is 6. The number of pyridine rings is 1. The number of aromatic nitrogens is 1. The predicted octanol–water partition coefficient (Wildman–Crippen LogP) is 3.57. The van der Waals surface area contributed by atoms with Crippen molar-refractivity contribution in [2.75, 3.05) is 31.1 Å². The molecule has 1 saturated carbocycles. The number of halogens is 3. The van der Waals surface area contributed by atoms with Crippen LogP contribution >= 0.6 is 0 Å². The van der Waals surface area contributed by atoms with Gasteiger partial charge in [-0.15, -0.1) is 0 Å². The number of nitrogens with one attached hydrogen (secondary N) is 1. The lowest BCUT2D eigenvalue weighted by Crippen LogP contribution is -2.57. The highest BCUT2D eigenvalue weighted by Gasteiger charge is 2.71. The largest absolute Gasteiger partial charge is 0.459 e. The Balaban J connectivity index is 1.50. The maximum absolute atomic E-state index is 13.5. The van der Waals surface area contributed by atoms with Crippen LogP contribution in [0.15, 0.2) is 48.7 Å². The molecule has 12 heteroatoms. The summed E-state index contributed by atoms with van der Waals surface area (Å²) >= 11 is 0. The van der Waals surface area contributed by atoms with Crippen LogP contribution in [-0.4, -0.2) is 61.0 Å². The minimum absolute atomic E-state index is 0.0762. The van der Waals surface area contributed by atoms with Crippen LogP contribution in [0.1, 0.15) is 44.7 Å². The molecular formula is C25H31F3N4O4S. The second-order valence-corrected chi connectivity index (χ2v) is 12.1. The van der Waals surface area contributed by atoms with Gasteiger partial charge in [0.25, 0.3) is 10.2 Å². The zero-order valence-electron chi connectivity index (χ0n) is 21.1. The number of anilines is 1. The molecule has 202 valence electrons. The monoisotopic (exact) mass is 540 g/mol. The molecule has 0 spiro atoms. The number of ether oxygens (including phenoxy) is 1. The first-order valence-electron chi connectivity index (χ1n) is 12.0. The number of benzene rings is 1. The maximum atomic E-state index is 13.5. The third kappa shape index (κ3) is 5.60. The molecule has 3 atom stereocenters. The smallest absolute Gasteiger partial charge is 0.417 e. The summed E-state index contributed by atoms with van der Waals surface area (Å²) in [4.78, 5) is 19.0. The van der Waals surface area contributed by atoms with Gasteiger partial charge in [0.15, 0.2) is 0 Å². The Morgan fingerprint density at radius 1 is 1.05 bits per heavy atom. The van der Waals surface area contributed by atoms with E-state index >= 15 is 0 Å². The van der Waals surface area contributed by atoms with Gasteiger partial charge in [0.05, 0.1) is 5.56 Å². The normalized spacial score (nSPS) is 25.1. The van der Waals surface area contributed by atoms with Crippen LogP contribution < -0.4 is 9.62 Å². The molecule has 1 aliphatic carbocycles. The second-order valence-electron chi connectivity index (χ2n) is 10.4.